The van der Waals surface area contributed by atoms with Crippen molar-refractivity contribution >= 4 is 46.7 Å². The van der Waals surface area contributed by atoms with Gasteiger partial charge in [-0.3, -0.25) is 9.80 Å². The Kier molecular flexibility index (Phi) is 6.27. The number of amides is 2. The monoisotopic (exact) mass is 456 g/mol. The second kappa shape index (κ2) is 9.09. The molecular formula is C22H22Cl2N6O. The van der Waals surface area contributed by atoms with Crippen molar-refractivity contribution in [3.63, 3.8) is 0 Å². The summed E-state index contributed by atoms with van der Waals surface area (Å²) in [7, 11) is 1.67. The van der Waals surface area contributed by atoms with E-state index in [0.717, 1.165) is 17.5 Å². The smallest absolute Gasteiger partial charge is 0.330 e. The number of carbonyl (C=O) groups excluding carboxylic acids is 1. The highest BCUT2D eigenvalue weighted by atomic mass is 35.5. The zero-order chi connectivity index (χ0) is 22.0. The van der Waals surface area contributed by atoms with Gasteiger partial charge < -0.3 is 11.1 Å². The molecule has 0 bridgehead atoms. The minimum Gasteiger partial charge on any atom is -0.350 e. The summed E-state index contributed by atoms with van der Waals surface area (Å²) < 4.78 is 0. The summed E-state index contributed by atoms with van der Waals surface area (Å²) in [4.78, 5) is 25.0. The quantitative estimate of drug-likeness (QED) is 0.570. The molecule has 0 aliphatic carbocycles. The Morgan fingerprint density at radius 1 is 1.10 bits per heavy atom. The summed E-state index contributed by atoms with van der Waals surface area (Å²) in [6, 6.07) is 13.1. The first-order valence-corrected chi connectivity index (χ1v) is 10.6. The van der Waals surface area contributed by atoms with Crippen LogP contribution in [-0.4, -0.2) is 29.6 Å². The predicted molar refractivity (Wildman–Crippen MR) is 125 cm³/mol. The van der Waals surface area contributed by atoms with Gasteiger partial charge in [0, 0.05) is 25.4 Å². The van der Waals surface area contributed by atoms with E-state index in [2.05, 4.69) is 39.6 Å². The van der Waals surface area contributed by atoms with Gasteiger partial charge in [0.2, 0.25) is 5.95 Å². The molecule has 0 saturated heterocycles. The number of hydrogen-bond donors (Lipinski definition) is 2. The number of para-hydroxylation sites is 1. The van der Waals surface area contributed by atoms with Gasteiger partial charge in [-0.1, -0.05) is 53.5 Å². The number of nitrogens with zero attached hydrogens (tertiary/aromatic N) is 4. The SMILES string of the molecule is CN1C(=O)N(c2c(Cl)cccc2Cl)Cc2cnc(NCc3ccc(CCN)cc3)nc21. The molecule has 9 heteroatoms. The van der Waals surface area contributed by atoms with Crippen LogP contribution < -0.4 is 20.9 Å². The second-order valence-corrected chi connectivity index (χ2v) is 8.06. The number of carbonyl (C=O) groups is 1. The van der Waals surface area contributed by atoms with Gasteiger partial charge in [0.25, 0.3) is 0 Å². The van der Waals surface area contributed by atoms with E-state index in [4.69, 9.17) is 28.9 Å². The largest absolute Gasteiger partial charge is 0.350 e. The molecule has 2 heterocycles. The summed E-state index contributed by atoms with van der Waals surface area (Å²) in [5, 5.41) is 4.04. The molecule has 2 aromatic carbocycles. The molecular weight excluding hydrogens is 435 g/mol. The first-order valence-electron chi connectivity index (χ1n) is 9.85. The standard InChI is InChI=1S/C22H22Cl2N6O/c1-29-20-16(13-30(22(29)31)19-17(23)3-2-4-18(19)24)12-27-21(28-20)26-11-15-7-5-14(6-8-15)9-10-25/h2-8,12H,9-11,13,25H2,1H3,(H,26,27,28). The molecule has 0 spiro atoms. The highest BCUT2D eigenvalue weighted by Gasteiger charge is 2.32. The lowest BCUT2D eigenvalue weighted by atomic mass is 10.1. The molecule has 1 aliphatic rings. The number of halogens is 2. The second-order valence-electron chi connectivity index (χ2n) is 7.25. The van der Waals surface area contributed by atoms with Crippen LogP contribution in [0.25, 0.3) is 0 Å². The van der Waals surface area contributed by atoms with Crippen LogP contribution in [0.3, 0.4) is 0 Å². The Hall–Kier alpha value is -2.87. The lowest BCUT2D eigenvalue weighted by Gasteiger charge is -2.34. The van der Waals surface area contributed by atoms with Crippen molar-refractivity contribution in [2.45, 2.75) is 19.5 Å². The summed E-state index contributed by atoms with van der Waals surface area (Å²) >= 11 is 12.6. The number of aromatic nitrogens is 2. The maximum atomic E-state index is 13.0. The van der Waals surface area contributed by atoms with Crippen molar-refractivity contribution in [1.29, 1.82) is 0 Å². The lowest BCUT2D eigenvalue weighted by molar-refractivity contribution is 0.251. The van der Waals surface area contributed by atoms with Crippen molar-refractivity contribution in [3.8, 4) is 0 Å². The highest BCUT2D eigenvalue weighted by molar-refractivity contribution is 6.40. The van der Waals surface area contributed by atoms with Crippen LogP contribution in [0.1, 0.15) is 16.7 Å². The third-order valence-corrected chi connectivity index (χ3v) is 5.73. The Balaban J connectivity index is 1.52. The van der Waals surface area contributed by atoms with E-state index in [9.17, 15) is 4.79 Å². The molecule has 3 N–H and O–H groups in total. The zero-order valence-corrected chi connectivity index (χ0v) is 18.5. The molecule has 0 unspecified atom stereocenters. The van der Waals surface area contributed by atoms with Crippen LogP contribution in [0.4, 0.5) is 22.2 Å². The van der Waals surface area contributed by atoms with Gasteiger partial charge in [0.15, 0.2) is 0 Å². The van der Waals surface area contributed by atoms with E-state index in [1.54, 1.807) is 31.4 Å². The van der Waals surface area contributed by atoms with E-state index < -0.39 is 0 Å². The van der Waals surface area contributed by atoms with Gasteiger partial charge >= 0.3 is 6.03 Å². The molecule has 1 aliphatic heterocycles. The van der Waals surface area contributed by atoms with Crippen LogP contribution in [-0.2, 0) is 19.5 Å². The molecule has 0 radical (unpaired) electrons. The van der Waals surface area contributed by atoms with Gasteiger partial charge in [-0.25, -0.2) is 9.78 Å². The Bertz CT molecular complexity index is 1090. The van der Waals surface area contributed by atoms with Gasteiger partial charge in [-0.05, 0) is 36.2 Å². The third-order valence-electron chi connectivity index (χ3n) is 5.12. The lowest BCUT2D eigenvalue weighted by Crippen LogP contribution is -2.46. The summed E-state index contributed by atoms with van der Waals surface area (Å²) in [6.07, 6.45) is 2.58. The molecule has 3 aromatic rings. The topological polar surface area (TPSA) is 87.4 Å². The number of urea groups is 1. The fraction of sp³-hybridized carbons (Fsp3) is 0.227. The van der Waals surface area contributed by atoms with E-state index >= 15 is 0 Å². The van der Waals surface area contributed by atoms with Crippen LogP contribution in [0.5, 0.6) is 0 Å². The summed E-state index contributed by atoms with van der Waals surface area (Å²) in [5.74, 6) is 1.01. The number of nitrogens with one attached hydrogen (secondary N) is 1. The molecule has 0 saturated carbocycles. The average molecular weight is 457 g/mol. The molecule has 1 aromatic heterocycles. The fourth-order valence-corrected chi connectivity index (χ4v) is 4.09. The molecule has 0 atom stereocenters. The maximum Gasteiger partial charge on any atom is 0.330 e. The Labute approximate surface area is 190 Å². The molecule has 2 amide bonds. The predicted octanol–water partition coefficient (Wildman–Crippen LogP) is 4.47. The van der Waals surface area contributed by atoms with Crippen LogP contribution >= 0.6 is 23.2 Å². The highest BCUT2D eigenvalue weighted by Crippen LogP contribution is 2.38. The fourth-order valence-electron chi connectivity index (χ4n) is 3.49. The Morgan fingerprint density at radius 3 is 2.45 bits per heavy atom. The van der Waals surface area contributed by atoms with Crippen LogP contribution in [0, 0.1) is 0 Å². The number of hydrogen-bond acceptors (Lipinski definition) is 5. The van der Waals surface area contributed by atoms with Gasteiger partial charge in [0.1, 0.15) is 5.82 Å². The van der Waals surface area contributed by atoms with Crippen molar-refractivity contribution in [1.82, 2.24) is 9.97 Å². The number of nitrogens with two attached hydrogens (primary N) is 1. The van der Waals surface area contributed by atoms with Crippen molar-refractivity contribution in [2.75, 3.05) is 28.7 Å². The molecule has 160 valence electrons. The molecule has 4 rings (SSSR count). The third kappa shape index (κ3) is 4.44. The van der Waals surface area contributed by atoms with Gasteiger partial charge in [-0.15, -0.1) is 0 Å². The van der Waals surface area contributed by atoms with E-state index in [1.807, 2.05) is 0 Å². The minimum atomic E-state index is -0.261. The Morgan fingerprint density at radius 2 is 1.77 bits per heavy atom. The van der Waals surface area contributed by atoms with Gasteiger partial charge in [-0.2, -0.15) is 4.98 Å². The summed E-state index contributed by atoms with van der Waals surface area (Å²) in [5.41, 5.74) is 9.19. The molecule has 7 nitrogen and oxygen atoms in total. The average Bonchev–Trinajstić information content (AvgIpc) is 2.77. The number of anilines is 3. The number of fused-ring (bicyclic) bond motifs is 1. The normalized spacial score (nSPS) is 13.4. The van der Waals surface area contributed by atoms with Crippen LogP contribution in [0.2, 0.25) is 10.0 Å². The summed E-state index contributed by atoms with van der Waals surface area (Å²) in [6.45, 7) is 1.48. The molecule has 0 fully saturated rings. The molecule has 31 heavy (non-hydrogen) atoms. The number of rotatable bonds is 6. The van der Waals surface area contributed by atoms with E-state index in [0.29, 0.717) is 40.6 Å². The van der Waals surface area contributed by atoms with E-state index in [1.165, 1.54) is 15.4 Å². The van der Waals surface area contributed by atoms with E-state index in [-0.39, 0.29) is 12.6 Å². The first kappa shape index (κ1) is 21.4. The van der Waals surface area contributed by atoms with Crippen molar-refractivity contribution in [3.05, 3.63) is 75.4 Å². The van der Waals surface area contributed by atoms with Gasteiger partial charge in [0.05, 0.1) is 22.3 Å². The van der Waals surface area contributed by atoms with Crippen molar-refractivity contribution in [2.24, 2.45) is 5.73 Å². The van der Waals surface area contributed by atoms with Crippen LogP contribution in [0.15, 0.2) is 48.7 Å². The minimum absolute atomic E-state index is 0.261. The van der Waals surface area contributed by atoms with Crippen molar-refractivity contribution < 1.29 is 4.79 Å². The maximum absolute atomic E-state index is 13.0. The first-order chi connectivity index (χ1) is 15.0. The number of benzene rings is 2. The zero-order valence-electron chi connectivity index (χ0n) is 17.0.